The lowest BCUT2D eigenvalue weighted by atomic mass is 10.3. The van der Waals surface area contributed by atoms with Gasteiger partial charge in [-0.15, -0.1) is 5.10 Å². The van der Waals surface area contributed by atoms with E-state index in [1.165, 1.54) is 34.5 Å². The average molecular weight is 359 g/mol. The molecule has 0 saturated carbocycles. The SMILES string of the molecule is CCOc1ccc(N(C)S(=O)(=O)c2cccc(-n3cnnn3)c2)cc1. The number of sulfonamides is 1. The molecule has 130 valence electrons. The minimum absolute atomic E-state index is 0.150. The van der Waals surface area contributed by atoms with Gasteiger partial charge >= 0.3 is 0 Å². The fourth-order valence-corrected chi connectivity index (χ4v) is 3.52. The molecule has 1 aromatic heterocycles. The minimum atomic E-state index is -3.72. The number of tetrazole rings is 1. The number of nitrogens with zero attached hydrogens (tertiary/aromatic N) is 5. The second-order valence-electron chi connectivity index (χ2n) is 5.15. The van der Waals surface area contributed by atoms with E-state index < -0.39 is 10.0 Å². The van der Waals surface area contributed by atoms with Crippen molar-refractivity contribution in [2.24, 2.45) is 0 Å². The number of ether oxygens (including phenoxy) is 1. The van der Waals surface area contributed by atoms with Crippen molar-refractivity contribution in [2.45, 2.75) is 11.8 Å². The van der Waals surface area contributed by atoms with Crippen LogP contribution in [0.3, 0.4) is 0 Å². The molecule has 1 heterocycles. The van der Waals surface area contributed by atoms with Crippen molar-refractivity contribution in [3.63, 3.8) is 0 Å². The van der Waals surface area contributed by atoms with Crippen molar-refractivity contribution in [1.29, 1.82) is 0 Å². The Bertz CT molecular complexity index is 940. The molecule has 0 unspecified atom stereocenters. The zero-order valence-electron chi connectivity index (χ0n) is 13.8. The van der Waals surface area contributed by atoms with Crippen LogP contribution in [0.2, 0.25) is 0 Å². The molecular weight excluding hydrogens is 342 g/mol. The van der Waals surface area contributed by atoms with Crippen molar-refractivity contribution in [2.75, 3.05) is 18.0 Å². The van der Waals surface area contributed by atoms with Crippen LogP contribution in [0.1, 0.15) is 6.92 Å². The van der Waals surface area contributed by atoms with E-state index in [1.54, 1.807) is 36.4 Å². The summed E-state index contributed by atoms with van der Waals surface area (Å²) in [5, 5.41) is 10.9. The van der Waals surface area contributed by atoms with Crippen LogP contribution < -0.4 is 9.04 Å². The highest BCUT2D eigenvalue weighted by atomic mass is 32.2. The monoisotopic (exact) mass is 359 g/mol. The molecule has 0 fully saturated rings. The van der Waals surface area contributed by atoms with Gasteiger partial charge in [0, 0.05) is 7.05 Å². The molecule has 0 radical (unpaired) electrons. The summed E-state index contributed by atoms with van der Waals surface area (Å²) in [6.45, 7) is 2.44. The number of anilines is 1. The summed E-state index contributed by atoms with van der Waals surface area (Å²) >= 11 is 0. The topological polar surface area (TPSA) is 90.2 Å². The van der Waals surface area contributed by atoms with Gasteiger partial charge in [0.1, 0.15) is 12.1 Å². The largest absolute Gasteiger partial charge is 0.494 e. The van der Waals surface area contributed by atoms with Gasteiger partial charge in [0.2, 0.25) is 0 Å². The van der Waals surface area contributed by atoms with Crippen LogP contribution >= 0.6 is 0 Å². The number of hydrogen-bond donors (Lipinski definition) is 0. The van der Waals surface area contributed by atoms with E-state index in [2.05, 4.69) is 15.5 Å². The van der Waals surface area contributed by atoms with E-state index in [9.17, 15) is 8.42 Å². The molecule has 25 heavy (non-hydrogen) atoms. The van der Waals surface area contributed by atoms with Crippen LogP contribution in [0, 0.1) is 0 Å². The summed E-state index contributed by atoms with van der Waals surface area (Å²) in [5.41, 5.74) is 1.10. The first-order valence-electron chi connectivity index (χ1n) is 7.57. The lowest BCUT2D eigenvalue weighted by Gasteiger charge is -2.20. The number of aromatic nitrogens is 4. The van der Waals surface area contributed by atoms with Gasteiger partial charge in [-0.05, 0) is 59.8 Å². The lowest BCUT2D eigenvalue weighted by Crippen LogP contribution is -2.26. The molecule has 9 heteroatoms. The molecular formula is C16H17N5O3S. The first-order chi connectivity index (χ1) is 12.0. The highest BCUT2D eigenvalue weighted by Gasteiger charge is 2.22. The fraction of sp³-hybridized carbons (Fsp3) is 0.188. The third kappa shape index (κ3) is 3.45. The first kappa shape index (κ1) is 16.9. The summed E-state index contributed by atoms with van der Waals surface area (Å²) in [6, 6.07) is 13.3. The van der Waals surface area contributed by atoms with Crippen LogP contribution in [0.5, 0.6) is 5.75 Å². The highest BCUT2D eigenvalue weighted by molar-refractivity contribution is 7.92. The van der Waals surface area contributed by atoms with Crippen molar-refractivity contribution in [1.82, 2.24) is 20.2 Å². The maximum Gasteiger partial charge on any atom is 0.264 e. The van der Waals surface area contributed by atoms with E-state index in [0.29, 0.717) is 23.7 Å². The van der Waals surface area contributed by atoms with Crippen LogP contribution in [0.4, 0.5) is 5.69 Å². The molecule has 0 atom stereocenters. The molecule has 0 aliphatic heterocycles. The molecule has 0 bridgehead atoms. The van der Waals surface area contributed by atoms with Gasteiger partial charge in [0.05, 0.1) is 22.9 Å². The smallest absolute Gasteiger partial charge is 0.264 e. The maximum atomic E-state index is 12.9. The molecule has 8 nitrogen and oxygen atoms in total. The predicted octanol–water partition coefficient (Wildman–Crippen LogP) is 1.89. The molecule has 3 aromatic rings. The first-order valence-corrected chi connectivity index (χ1v) is 9.01. The second kappa shape index (κ2) is 6.89. The Kier molecular flexibility index (Phi) is 4.66. The summed E-state index contributed by atoms with van der Waals surface area (Å²) in [6.07, 6.45) is 1.40. The van der Waals surface area contributed by atoms with E-state index in [0.717, 1.165) is 0 Å². The van der Waals surface area contributed by atoms with E-state index in [4.69, 9.17) is 4.74 Å². The minimum Gasteiger partial charge on any atom is -0.494 e. The van der Waals surface area contributed by atoms with Gasteiger partial charge in [-0.1, -0.05) is 6.07 Å². The van der Waals surface area contributed by atoms with E-state index >= 15 is 0 Å². The zero-order chi connectivity index (χ0) is 17.9. The van der Waals surface area contributed by atoms with E-state index in [1.807, 2.05) is 6.92 Å². The summed E-state index contributed by atoms with van der Waals surface area (Å²) in [5.74, 6) is 0.692. The Morgan fingerprint density at radius 3 is 2.56 bits per heavy atom. The molecule has 0 saturated heterocycles. The van der Waals surface area contributed by atoms with Crippen molar-refractivity contribution >= 4 is 15.7 Å². The van der Waals surface area contributed by atoms with Gasteiger partial charge in [-0.25, -0.2) is 13.1 Å². The number of hydrogen-bond acceptors (Lipinski definition) is 6. The third-order valence-electron chi connectivity index (χ3n) is 3.60. The molecule has 0 aliphatic carbocycles. The molecule has 2 aromatic carbocycles. The van der Waals surface area contributed by atoms with Gasteiger partial charge in [-0.3, -0.25) is 4.31 Å². The molecule has 3 rings (SSSR count). The third-order valence-corrected chi connectivity index (χ3v) is 5.38. The number of benzene rings is 2. The Labute approximate surface area is 145 Å². The van der Waals surface area contributed by atoms with E-state index in [-0.39, 0.29) is 4.90 Å². The van der Waals surface area contributed by atoms with Crippen molar-refractivity contribution < 1.29 is 13.2 Å². The molecule has 0 aliphatic rings. The van der Waals surface area contributed by atoms with Gasteiger partial charge in [0.25, 0.3) is 10.0 Å². The van der Waals surface area contributed by atoms with Gasteiger partial charge < -0.3 is 4.74 Å². The number of rotatable bonds is 6. The van der Waals surface area contributed by atoms with Crippen LogP contribution in [0.25, 0.3) is 5.69 Å². The second-order valence-corrected chi connectivity index (χ2v) is 7.12. The Balaban J connectivity index is 1.91. The maximum absolute atomic E-state index is 12.9. The quantitative estimate of drug-likeness (QED) is 0.667. The molecule has 0 N–H and O–H groups in total. The van der Waals surface area contributed by atoms with Crippen LogP contribution in [-0.2, 0) is 10.0 Å². The van der Waals surface area contributed by atoms with Crippen molar-refractivity contribution in [3.8, 4) is 11.4 Å². The molecule has 0 spiro atoms. The van der Waals surface area contributed by atoms with Crippen LogP contribution in [0.15, 0.2) is 59.8 Å². The van der Waals surface area contributed by atoms with Crippen molar-refractivity contribution in [3.05, 3.63) is 54.9 Å². The summed E-state index contributed by atoms with van der Waals surface area (Å²) in [7, 11) is -2.21. The lowest BCUT2D eigenvalue weighted by molar-refractivity contribution is 0.340. The zero-order valence-corrected chi connectivity index (χ0v) is 14.6. The average Bonchev–Trinajstić information content (AvgIpc) is 3.17. The summed E-state index contributed by atoms with van der Waals surface area (Å²) < 4.78 is 33.8. The normalized spacial score (nSPS) is 11.3. The Morgan fingerprint density at radius 2 is 1.92 bits per heavy atom. The Morgan fingerprint density at radius 1 is 1.16 bits per heavy atom. The highest BCUT2D eigenvalue weighted by Crippen LogP contribution is 2.25. The Hall–Kier alpha value is -2.94. The van der Waals surface area contributed by atoms with Gasteiger partial charge in [-0.2, -0.15) is 0 Å². The van der Waals surface area contributed by atoms with Crippen LogP contribution in [-0.4, -0.2) is 42.3 Å². The fourth-order valence-electron chi connectivity index (χ4n) is 2.28. The van der Waals surface area contributed by atoms with Gasteiger partial charge in [0.15, 0.2) is 0 Å². The summed E-state index contributed by atoms with van der Waals surface area (Å²) in [4.78, 5) is 0.150. The predicted molar refractivity (Wildman–Crippen MR) is 92.4 cm³/mol. The standard InChI is InChI=1S/C16H17N5O3S/c1-3-24-15-9-7-13(8-10-15)20(2)25(22,23)16-6-4-5-14(11-16)21-12-17-18-19-21/h4-12H,3H2,1-2H3. The molecule has 0 amide bonds.